The van der Waals surface area contributed by atoms with Gasteiger partial charge in [-0.05, 0) is 37.1 Å². The number of nitrogens with zero attached hydrogens (tertiary/aromatic N) is 2. The largest absolute Gasteiger partial charge is 0.480 e. The van der Waals surface area contributed by atoms with Crippen molar-refractivity contribution in [1.82, 2.24) is 14.5 Å². The number of hydrogen-bond acceptors (Lipinski definition) is 5. The van der Waals surface area contributed by atoms with E-state index in [2.05, 4.69) is 5.32 Å². The Balaban J connectivity index is 1.60. The van der Waals surface area contributed by atoms with E-state index in [1.165, 1.54) is 17.0 Å². The molecule has 0 spiro atoms. The van der Waals surface area contributed by atoms with Crippen LogP contribution in [0, 0.1) is 0 Å². The zero-order chi connectivity index (χ0) is 24.3. The second kappa shape index (κ2) is 9.94. The second-order valence-electron chi connectivity index (χ2n) is 8.56. The van der Waals surface area contributed by atoms with Gasteiger partial charge in [-0.2, -0.15) is 4.31 Å². The highest BCUT2D eigenvalue weighted by Crippen LogP contribution is 2.29. The Morgan fingerprint density at radius 1 is 0.912 bits per heavy atom. The first kappa shape index (κ1) is 23.9. The summed E-state index contributed by atoms with van der Waals surface area (Å²) in [5, 5.41) is 12.7. The monoisotopic (exact) mass is 485 g/mol. The molecule has 0 radical (unpaired) electrons. The molecule has 0 aromatic heterocycles. The lowest BCUT2D eigenvalue weighted by molar-refractivity contribution is -0.157. The third-order valence-corrected chi connectivity index (χ3v) is 8.21. The fourth-order valence-electron chi connectivity index (χ4n) is 4.63. The third kappa shape index (κ3) is 4.83. The number of carboxylic acids is 1. The summed E-state index contributed by atoms with van der Waals surface area (Å²) in [6.45, 7) is -0.347. The van der Waals surface area contributed by atoms with Gasteiger partial charge < -0.3 is 15.3 Å². The minimum atomic E-state index is -3.92. The van der Waals surface area contributed by atoms with E-state index in [4.69, 9.17) is 0 Å². The maximum absolute atomic E-state index is 13.5. The quantitative estimate of drug-likeness (QED) is 0.665. The van der Waals surface area contributed by atoms with Crippen molar-refractivity contribution in [1.29, 1.82) is 0 Å². The summed E-state index contributed by atoms with van der Waals surface area (Å²) in [5.74, 6) is -2.17. The summed E-state index contributed by atoms with van der Waals surface area (Å²) >= 11 is 0. The molecule has 2 aromatic rings. The second-order valence-corrected chi connectivity index (χ2v) is 10.5. The number of aliphatic carboxylic acids is 1. The number of hydrogen-bond donors (Lipinski definition) is 2. The summed E-state index contributed by atoms with van der Waals surface area (Å²) in [6.07, 6.45) is 2.20. The third-order valence-electron chi connectivity index (χ3n) is 6.36. The van der Waals surface area contributed by atoms with Gasteiger partial charge in [0.15, 0.2) is 0 Å². The Kier molecular flexibility index (Phi) is 6.99. The zero-order valence-corrected chi connectivity index (χ0v) is 19.4. The molecule has 9 nitrogen and oxygen atoms in total. The molecule has 2 aromatic carbocycles. The van der Waals surface area contributed by atoms with E-state index in [1.54, 1.807) is 48.5 Å². The van der Waals surface area contributed by atoms with Crippen LogP contribution < -0.4 is 5.32 Å². The number of piperazine rings is 1. The van der Waals surface area contributed by atoms with Gasteiger partial charge in [0, 0.05) is 24.7 Å². The lowest BCUT2D eigenvalue weighted by Gasteiger charge is -2.46. The van der Waals surface area contributed by atoms with Crippen molar-refractivity contribution in [2.45, 2.75) is 48.7 Å². The number of rotatable bonds is 5. The first-order valence-corrected chi connectivity index (χ1v) is 12.7. The molecule has 3 atom stereocenters. The maximum Gasteiger partial charge on any atom is 0.327 e. The maximum atomic E-state index is 13.5. The van der Waals surface area contributed by atoms with E-state index >= 15 is 0 Å². The SMILES string of the molecule is O=C(N[C@H]1CCCC[C@H]2CN(S(=O)(=O)c3ccccc3)C[C@@H](C(=O)O)N2C1=O)c1ccccc1. The Morgan fingerprint density at radius 3 is 2.18 bits per heavy atom. The number of fused-ring (bicyclic) bond motifs is 1. The molecule has 180 valence electrons. The highest BCUT2D eigenvalue weighted by Gasteiger charge is 2.47. The topological polar surface area (TPSA) is 124 Å². The van der Waals surface area contributed by atoms with Gasteiger partial charge >= 0.3 is 5.97 Å². The molecule has 10 heteroatoms. The summed E-state index contributed by atoms with van der Waals surface area (Å²) in [5.41, 5.74) is 0.405. The van der Waals surface area contributed by atoms with E-state index in [9.17, 15) is 27.9 Å². The average molecular weight is 486 g/mol. The Hall–Kier alpha value is -3.24. The fraction of sp³-hybridized carbons (Fsp3) is 0.375. The number of carbonyl (C=O) groups excluding carboxylic acids is 2. The number of amides is 2. The van der Waals surface area contributed by atoms with Crippen LogP contribution in [0.5, 0.6) is 0 Å². The van der Waals surface area contributed by atoms with Crippen molar-refractivity contribution >= 4 is 27.8 Å². The number of carboxylic acid groups (broad SMARTS) is 1. The van der Waals surface area contributed by atoms with Crippen LogP contribution in [-0.4, -0.2) is 71.7 Å². The van der Waals surface area contributed by atoms with E-state index in [0.717, 1.165) is 4.31 Å². The van der Waals surface area contributed by atoms with Crippen molar-refractivity contribution in [3.63, 3.8) is 0 Å². The predicted octanol–water partition coefficient (Wildman–Crippen LogP) is 1.71. The lowest BCUT2D eigenvalue weighted by Crippen LogP contribution is -2.67. The number of benzene rings is 2. The molecule has 34 heavy (non-hydrogen) atoms. The number of sulfonamides is 1. The molecule has 0 aliphatic carbocycles. The molecule has 2 saturated heterocycles. The highest BCUT2D eigenvalue weighted by atomic mass is 32.2. The van der Waals surface area contributed by atoms with Gasteiger partial charge in [0.25, 0.3) is 5.91 Å². The Labute approximate surface area is 198 Å². The Morgan fingerprint density at radius 2 is 1.53 bits per heavy atom. The lowest BCUT2D eigenvalue weighted by atomic mass is 9.94. The predicted molar refractivity (Wildman–Crippen MR) is 123 cm³/mol. The molecule has 2 fully saturated rings. The van der Waals surface area contributed by atoms with Gasteiger partial charge in [-0.25, -0.2) is 13.2 Å². The van der Waals surface area contributed by atoms with Gasteiger partial charge in [-0.1, -0.05) is 49.2 Å². The van der Waals surface area contributed by atoms with Gasteiger partial charge in [0.1, 0.15) is 12.1 Å². The molecular formula is C24H27N3O6S. The smallest absolute Gasteiger partial charge is 0.327 e. The highest BCUT2D eigenvalue weighted by molar-refractivity contribution is 7.89. The first-order valence-electron chi connectivity index (χ1n) is 11.2. The van der Waals surface area contributed by atoms with Crippen LogP contribution >= 0.6 is 0 Å². The standard InChI is InChI=1S/C24H27N3O6S/c28-22(17-9-3-1-4-10-17)25-20-14-8-7-11-18-15-26(16-21(24(30)31)27(18)23(20)29)34(32,33)19-12-5-2-6-13-19/h1-6,9-10,12-13,18,20-21H,7-8,11,14-16H2,(H,25,28)(H,30,31)/t18-,20-,21-/m0/s1. The first-order chi connectivity index (χ1) is 16.3. The minimum absolute atomic E-state index is 0.00605. The van der Waals surface area contributed by atoms with Crippen molar-refractivity contribution in [2.24, 2.45) is 0 Å². The molecule has 0 bridgehead atoms. The molecular weight excluding hydrogens is 458 g/mol. The number of nitrogens with one attached hydrogen (secondary N) is 1. The van der Waals surface area contributed by atoms with Gasteiger partial charge in [0.2, 0.25) is 15.9 Å². The summed E-state index contributed by atoms with van der Waals surface area (Å²) < 4.78 is 27.6. The van der Waals surface area contributed by atoms with Crippen LogP contribution in [-0.2, 0) is 19.6 Å². The average Bonchev–Trinajstić information content (AvgIpc) is 2.84. The molecule has 0 unspecified atom stereocenters. The molecule has 0 saturated carbocycles. The molecule has 2 N–H and O–H groups in total. The van der Waals surface area contributed by atoms with Crippen LogP contribution in [0.1, 0.15) is 36.0 Å². The summed E-state index contributed by atoms with van der Waals surface area (Å²) in [6, 6.07) is 13.5. The van der Waals surface area contributed by atoms with E-state index < -0.39 is 45.9 Å². The molecule has 2 amide bonds. The minimum Gasteiger partial charge on any atom is -0.480 e. The Bertz CT molecular complexity index is 1160. The number of carbonyl (C=O) groups is 3. The van der Waals surface area contributed by atoms with Crippen molar-refractivity contribution in [2.75, 3.05) is 13.1 Å². The van der Waals surface area contributed by atoms with Gasteiger partial charge in [-0.15, -0.1) is 0 Å². The van der Waals surface area contributed by atoms with Crippen LogP contribution in [0.3, 0.4) is 0 Å². The fourth-order valence-corrected chi connectivity index (χ4v) is 6.13. The van der Waals surface area contributed by atoms with Gasteiger partial charge in [-0.3, -0.25) is 9.59 Å². The van der Waals surface area contributed by atoms with Crippen molar-refractivity contribution in [3.05, 3.63) is 66.2 Å². The van der Waals surface area contributed by atoms with E-state index in [0.29, 0.717) is 31.2 Å². The van der Waals surface area contributed by atoms with E-state index in [-0.39, 0.29) is 18.0 Å². The van der Waals surface area contributed by atoms with Crippen molar-refractivity contribution < 1.29 is 27.9 Å². The van der Waals surface area contributed by atoms with E-state index in [1.807, 2.05) is 0 Å². The van der Waals surface area contributed by atoms with Crippen LogP contribution in [0.15, 0.2) is 65.6 Å². The molecule has 2 heterocycles. The summed E-state index contributed by atoms with van der Waals surface area (Å²) in [7, 11) is -3.92. The molecule has 4 rings (SSSR count). The van der Waals surface area contributed by atoms with Crippen LogP contribution in [0.25, 0.3) is 0 Å². The molecule has 2 aliphatic heterocycles. The zero-order valence-electron chi connectivity index (χ0n) is 18.5. The van der Waals surface area contributed by atoms with Crippen LogP contribution in [0.4, 0.5) is 0 Å². The molecule has 2 aliphatic rings. The summed E-state index contributed by atoms with van der Waals surface area (Å²) in [4.78, 5) is 39.8. The normalized spacial score (nSPS) is 23.9. The van der Waals surface area contributed by atoms with Gasteiger partial charge in [0.05, 0.1) is 4.90 Å². The van der Waals surface area contributed by atoms with Crippen molar-refractivity contribution in [3.8, 4) is 0 Å². The van der Waals surface area contributed by atoms with Crippen LogP contribution in [0.2, 0.25) is 0 Å².